The lowest BCUT2D eigenvalue weighted by atomic mass is 9.61. The van der Waals surface area contributed by atoms with Crippen molar-refractivity contribution in [1.29, 1.82) is 0 Å². The molecule has 0 radical (unpaired) electrons. The third-order valence-electron chi connectivity index (χ3n) is 11.4. The second-order valence-electron chi connectivity index (χ2n) is 15.7. The van der Waals surface area contributed by atoms with Crippen LogP contribution in [0, 0.1) is 0 Å². The first kappa shape index (κ1) is 48.5. The summed E-state index contributed by atoms with van der Waals surface area (Å²) in [7, 11) is 1.44. The fourth-order valence-electron chi connectivity index (χ4n) is 8.38. The Bertz CT molecular complexity index is 2990. The Balaban J connectivity index is 1.67. The van der Waals surface area contributed by atoms with Gasteiger partial charge in [0, 0.05) is 40.0 Å². The van der Waals surface area contributed by atoms with Crippen LogP contribution in [0.4, 0.5) is 0 Å². The highest BCUT2D eigenvalue weighted by Gasteiger charge is 2.65. The molecule has 7 rings (SSSR count). The number of methoxy groups -OCH3 is 1. The Morgan fingerprint density at radius 3 is 1.25 bits per heavy atom. The van der Waals surface area contributed by atoms with E-state index in [4.69, 9.17) is 16.3 Å². The zero-order valence-electron chi connectivity index (χ0n) is 37.7. The van der Waals surface area contributed by atoms with Crippen molar-refractivity contribution in [3.8, 4) is 0 Å². The highest BCUT2D eigenvalue weighted by molar-refractivity contribution is 8.01. The van der Waals surface area contributed by atoms with Gasteiger partial charge in [0.15, 0.2) is 17.3 Å². The lowest BCUT2D eigenvalue weighted by molar-refractivity contribution is -0.116. The molecule has 2 unspecified atom stereocenters. The van der Waals surface area contributed by atoms with Crippen molar-refractivity contribution >= 4 is 83.5 Å². The first-order valence-electron chi connectivity index (χ1n) is 22.1. The van der Waals surface area contributed by atoms with Gasteiger partial charge in [-0.15, -0.1) is 11.8 Å². The van der Waals surface area contributed by atoms with E-state index in [9.17, 15) is 4.79 Å². The van der Waals surface area contributed by atoms with Crippen LogP contribution in [0.5, 0.6) is 0 Å². The van der Waals surface area contributed by atoms with Gasteiger partial charge in [-0.05, 0) is 81.7 Å². The fourth-order valence-corrected chi connectivity index (χ4v) is 10.3. The number of carbonyl (C=O) groups is 4. The summed E-state index contributed by atoms with van der Waals surface area (Å²) in [5.74, 6) is -1.16. The van der Waals surface area contributed by atoms with Crippen LogP contribution in [0.3, 0.4) is 0 Å². The molecule has 0 saturated heterocycles. The van der Waals surface area contributed by atoms with Crippen LogP contribution in [0.25, 0.3) is 36.5 Å². The lowest BCUT2D eigenvalue weighted by Gasteiger charge is -2.54. The van der Waals surface area contributed by atoms with Gasteiger partial charge in [0.1, 0.15) is 16.6 Å². The van der Waals surface area contributed by atoms with E-state index in [0.717, 1.165) is 16.7 Å². The number of thioether (sulfide) groups is 1. The summed E-state index contributed by atoms with van der Waals surface area (Å²) in [5, 5.41) is -0.0324. The monoisotopic (exact) mass is 928 g/mol. The molecule has 336 valence electrons. The summed E-state index contributed by atoms with van der Waals surface area (Å²) in [4.78, 5) is 61.0. The summed E-state index contributed by atoms with van der Waals surface area (Å²) in [6.07, 6.45) is 16.8. The number of hydrogen-bond acceptors (Lipinski definition) is 6. The zero-order valence-corrected chi connectivity index (χ0v) is 39.3. The maximum absolute atomic E-state index is 15.8. The molecule has 0 saturated carbocycles. The van der Waals surface area contributed by atoms with Gasteiger partial charge in [0.05, 0.1) is 0 Å². The molecule has 0 fully saturated rings. The van der Waals surface area contributed by atoms with Crippen LogP contribution in [0.1, 0.15) is 40.3 Å². The second-order valence-corrected chi connectivity index (χ2v) is 17.6. The first-order valence-corrected chi connectivity index (χ1v) is 23.5. The molecular formula is C61H49ClO5S. The molecule has 2 atom stereocenters. The number of aldehydes is 1. The van der Waals surface area contributed by atoms with E-state index in [1.807, 2.05) is 189 Å². The summed E-state index contributed by atoms with van der Waals surface area (Å²) in [6, 6.07) is 56.0. The lowest BCUT2D eigenvalue weighted by Crippen LogP contribution is -2.62. The first-order chi connectivity index (χ1) is 33.2. The standard InChI is InChI=1S/C61H49ClO5S/c1-3-68-61(54(42-50-32-20-9-21-33-50)58(66)39-36-47-26-14-6-15-27-47)51(44-63)43-55(62)59(52(40-48-28-16-7-17-29-48)56(64)37-34-45-22-10-4-11-23-45)60(61,67-2)53(41-49-30-18-8-19-31-49)57(65)38-35-46-24-12-5-13-25-46/h4-44H,3H2,1-2H3. The molecule has 7 heteroatoms. The Morgan fingerprint density at radius 2 is 0.868 bits per heavy atom. The largest absolute Gasteiger partial charge is 0.366 e. The fraction of sp³-hybridized carbons (Fsp3) is 0.0820. The predicted octanol–water partition coefficient (Wildman–Crippen LogP) is 13.6. The molecule has 0 amide bonds. The molecule has 5 nitrogen and oxygen atoms in total. The van der Waals surface area contributed by atoms with Crippen LogP contribution in [-0.2, 0) is 23.9 Å². The molecule has 0 spiro atoms. The van der Waals surface area contributed by atoms with Gasteiger partial charge in [0.25, 0.3) is 0 Å². The number of hydrogen-bond donors (Lipinski definition) is 0. The normalized spacial score (nSPS) is 18.0. The van der Waals surface area contributed by atoms with Gasteiger partial charge in [-0.1, -0.05) is 219 Å². The highest BCUT2D eigenvalue weighted by Crippen LogP contribution is 2.61. The van der Waals surface area contributed by atoms with Gasteiger partial charge in [-0.25, -0.2) is 0 Å². The summed E-state index contributed by atoms with van der Waals surface area (Å²) in [6.45, 7) is 1.91. The molecule has 6 aromatic carbocycles. The average Bonchev–Trinajstić information content (AvgIpc) is 3.39. The molecule has 0 bridgehead atoms. The smallest absolute Gasteiger partial charge is 0.186 e. The van der Waals surface area contributed by atoms with Gasteiger partial charge in [-0.3, -0.25) is 19.2 Å². The van der Waals surface area contributed by atoms with Crippen LogP contribution in [0.2, 0.25) is 0 Å². The Labute approximate surface area is 408 Å². The van der Waals surface area contributed by atoms with E-state index in [-0.39, 0.29) is 32.9 Å². The quantitative estimate of drug-likeness (QED) is 0.0595. The minimum absolute atomic E-state index is 0.0116. The summed E-state index contributed by atoms with van der Waals surface area (Å²) < 4.78 is 5.19. The van der Waals surface area contributed by atoms with Gasteiger partial charge in [-0.2, -0.15) is 0 Å². The minimum Gasteiger partial charge on any atom is -0.366 e. The van der Waals surface area contributed by atoms with Crippen molar-refractivity contribution in [2.75, 3.05) is 12.9 Å². The van der Waals surface area contributed by atoms with E-state index < -0.39 is 27.7 Å². The maximum Gasteiger partial charge on any atom is 0.186 e. The number of carbonyl (C=O) groups excluding carboxylic acids is 4. The van der Waals surface area contributed by atoms with E-state index in [1.54, 1.807) is 36.5 Å². The molecule has 68 heavy (non-hydrogen) atoms. The SMILES string of the molecule is CCSC1(C(=Cc2ccccc2)C(=O)C=Cc2ccccc2)C(C=O)=CC(Cl)=C(C(=Cc2ccccc2)C(=O)C=Cc2ccccc2)C1(OC)C(=Cc1ccccc1)C(=O)C=Cc1ccccc1. The van der Waals surface area contributed by atoms with Gasteiger partial charge < -0.3 is 4.74 Å². The maximum atomic E-state index is 15.8. The summed E-state index contributed by atoms with van der Waals surface area (Å²) in [5.41, 5.74) is 2.31. The number of benzene rings is 6. The number of halogens is 1. The molecule has 1 aliphatic rings. The summed E-state index contributed by atoms with van der Waals surface area (Å²) >= 11 is 8.89. The van der Waals surface area contributed by atoms with Crippen LogP contribution < -0.4 is 0 Å². The van der Waals surface area contributed by atoms with E-state index in [1.165, 1.54) is 43.2 Å². The predicted molar refractivity (Wildman–Crippen MR) is 282 cm³/mol. The van der Waals surface area contributed by atoms with Crippen LogP contribution in [0.15, 0.2) is 239 Å². The van der Waals surface area contributed by atoms with E-state index in [0.29, 0.717) is 28.7 Å². The highest BCUT2D eigenvalue weighted by atomic mass is 35.5. The van der Waals surface area contributed by atoms with Gasteiger partial charge in [0.2, 0.25) is 0 Å². The molecular weight excluding hydrogens is 880 g/mol. The number of ether oxygens (including phenoxy) is 1. The minimum atomic E-state index is -2.21. The van der Waals surface area contributed by atoms with Crippen molar-refractivity contribution in [3.63, 3.8) is 0 Å². The number of allylic oxidation sites excluding steroid dienone is 5. The van der Waals surface area contributed by atoms with Gasteiger partial charge >= 0.3 is 0 Å². The van der Waals surface area contributed by atoms with Crippen LogP contribution >= 0.6 is 23.4 Å². The average molecular weight is 930 g/mol. The molecule has 0 aromatic heterocycles. The number of ketones is 3. The van der Waals surface area contributed by atoms with E-state index in [2.05, 4.69) is 0 Å². The molecule has 6 aromatic rings. The Hall–Kier alpha value is -7.48. The zero-order chi connectivity index (χ0) is 47.8. The second kappa shape index (κ2) is 23.3. The third kappa shape index (κ3) is 10.9. The Kier molecular flexibility index (Phi) is 16.6. The van der Waals surface area contributed by atoms with Crippen LogP contribution in [-0.4, -0.2) is 46.8 Å². The molecule has 0 N–H and O–H groups in total. The number of rotatable bonds is 19. The van der Waals surface area contributed by atoms with Crippen molar-refractivity contribution in [2.24, 2.45) is 0 Å². The molecule has 0 aliphatic heterocycles. The topological polar surface area (TPSA) is 77.5 Å². The van der Waals surface area contributed by atoms with Crippen molar-refractivity contribution in [3.05, 3.63) is 273 Å². The Morgan fingerprint density at radius 1 is 0.515 bits per heavy atom. The molecule has 1 aliphatic carbocycles. The van der Waals surface area contributed by atoms with Crippen molar-refractivity contribution < 1.29 is 23.9 Å². The van der Waals surface area contributed by atoms with E-state index >= 15 is 14.4 Å². The van der Waals surface area contributed by atoms with Crippen molar-refractivity contribution in [2.45, 2.75) is 17.3 Å². The van der Waals surface area contributed by atoms with Crippen molar-refractivity contribution in [1.82, 2.24) is 0 Å². The third-order valence-corrected chi connectivity index (χ3v) is 13.2. The molecule has 0 heterocycles.